The third-order valence-corrected chi connectivity index (χ3v) is 5.87. The number of phenolic OH excluding ortho intramolecular Hbond substituents is 1. The van der Waals surface area contributed by atoms with E-state index in [4.69, 9.17) is 5.26 Å². The Kier molecular flexibility index (Phi) is 6.88. The van der Waals surface area contributed by atoms with Gasteiger partial charge in [-0.15, -0.1) is 11.8 Å². The van der Waals surface area contributed by atoms with Gasteiger partial charge in [0.15, 0.2) is 0 Å². The second-order valence-corrected chi connectivity index (χ2v) is 10.5. The molecule has 5 heteroatoms. The van der Waals surface area contributed by atoms with Gasteiger partial charge in [0, 0.05) is 36.4 Å². The van der Waals surface area contributed by atoms with Crippen LogP contribution in [0.25, 0.3) is 6.08 Å². The fourth-order valence-corrected chi connectivity index (χ4v) is 4.29. The summed E-state index contributed by atoms with van der Waals surface area (Å²) in [5, 5.41) is 19.6. The van der Waals surface area contributed by atoms with Crippen LogP contribution in [-0.4, -0.2) is 34.8 Å². The minimum absolute atomic E-state index is 0.0388. The Morgan fingerprint density at radius 2 is 1.75 bits per heavy atom. The molecule has 152 valence electrons. The van der Waals surface area contributed by atoms with Crippen molar-refractivity contribution in [2.75, 3.05) is 18.8 Å². The molecule has 0 bridgehead atoms. The normalized spacial score (nSPS) is 17.1. The highest BCUT2D eigenvalue weighted by Crippen LogP contribution is 2.40. The van der Waals surface area contributed by atoms with Crippen LogP contribution in [0.15, 0.2) is 17.0 Å². The zero-order chi connectivity index (χ0) is 21.1. The molecule has 1 fully saturated rings. The molecule has 1 aliphatic heterocycles. The van der Waals surface area contributed by atoms with E-state index < -0.39 is 0 Å². The van der Waals surface area contributed by atoms with E-state index in [-0.39, 0.29) is 16.7 Å². The molecule has 4 nitrogen and oxygen atoms in total. The number of rotatable bonds is 4. The molecule has 1 amide bonds. The maximum absolute atomic E-state index is 12.9. The highest BCUT2D eigenvalue weighted by molar-refractivity contribution is 8.04. The smallest absolute Gasteiger partial charge is 0.260 e. The molecular weight excluding hydrogens is 368 g/mol. The molecule has 1 heterocycles. The van der Waals surface area contributed by atoms with Crippen LogP contribution in [0.3, 0.4) is 0 Å². The van der Waals surface area contributed by atoms with Crippen molar-refractivity contribution < 1.29 is 9.90 Å². The van der Waals surface area contributed by atoms with E-state index in [1.807, 2.05) is 23.1 Å². The molecule has 1 saturated heterocycles. The minimum atomic E-state index is -0.203. The first-order valence-corrected chi connectivity index (χ1v) is 10.8. The van der Waals surface area contributed by atoms with Crippen LogP contribution in [0.4, 0.5) is 0 Å². The van der Waals surface area contributed by atoms with Crippen LogP contribution in [-0.2, 0) is 15.6 Å². The molecule has 28 heavy (non-hydrogen) atoms. The topological polar surface area (TPSA) is 64.3 Å². The largest absolute Gasteiger partial charge is 0.507 e. The number of unbranched alkanes of at least 4 members (excludes halogenated alkanes) is 1. The summed E-state index contributed by atoms with van der Waals surface area (Å²) < 4.78 is 0. The molecule has 0 spiro atoms. The number of amides is 1. The first kappa shape index (κ1) is 22.4. The van der Waals surface area contributed by atoms with Crippen molar-refractivity contribution in [3.05, 3.63) is 33.7 Å². The number of hydrogen-bond donors (Lipinski definition) is 1. The summed E-state index contributed by atoms with van der Waals surface area (Å²) in [4.78, 5) is 15.4. The Morgan fingerprint density at radius 3 is 2.25 bits per heavy atom. The quantitative estimate of drug-likeness (QED) is 0.557. The molecule has 0 aliphatic carbocycles. The number of phenols is 1. The predicted octanol–water partition coefficient (Wildman–Crippen LogP) is 5.21. The Morgan fingerprint density at radius 1 is 1.18 bits per heavy atom. The summed E-state index contributed by atoms with van der Waals surface area (Å²) in [6.07, 6.45) is 3.13. The van der Waals surface area contributed by atoms with E-state index in [2.05, 4.69) is 47.6 Å². The lowest BCUT2D eigenvalue weighted by molar-refractivity contribution is -0.126. The first-order valence-electron chi connectivity index (χ1n) is 9.84. The molecule has 0 saturated carbocycles. The van der Waals surface area contributed by atoms with Gasteiger partial charge in [-0.25, -0.2) is 0 Å². The van der Waals surface area contributed by atoms with Crippen molar-refractivity contribution in [1.29, 1.82) is 5.26 Å². The van der Waals surface area contributed by atoms with Crippen LogP contribution < -0.4 is 0 Å². The second kappa shape index (κ2) is 8.61. The summed E-state index contributed by atoms with van der Waals surface area (Å²) in [7, 11) is 0. The summed E-state index contributed by atoms with van der Waals surface area (Å²) in [5.74, 6) is 1.25. The standard InChI is InChI=1S/C23H32N2O2S/c1-22(2,3)17-13-16(14-18(20(17)26)23(4,5)6)15-19-21(27)25(11-12-28-19)10-8-7-9-24/h13-15,26H,7-8,10-12H2,1-6H3/b19-15+. The van der Waals surface area contributed by atoms with Gasteiger partial charge in [0.25, 0.3) is 5.91 Å². The van der Waals surface area contributed by atoms with Crippen molar-refractivity contribution in [2.45, 2.75) is 65.2 Å². The maximum atomic E-state index is 12.9. The van der Waals surface area contributed by atoms with E-state index in [9.17, 15) is 9.90 Å². The number of carbonyl (C=O) groups excluding carboxylic acids is 1. The van der Waals surface area contributed by atoms with Crippen LogP contribution in [0, 0.1) is 11.3 Å². The third-order valence-electron chi connectivity index (χ3n) is 4.88. The Balaban J connectivity index is 2.44. The summed E-state index contributed by atoms with van der Waals surface area (Å²) in [6.45, 7) is 13.9. The maximum Gasteiger partial charge on any atom is 0.260 e. The average Bonchev–Trinajstić information content (AvgIpc) is 2.57. The van der Waals surface area contributed by atoms with Gasteiger partial charge in [-0.2, -0.15) is 5.26 Å². The van der Waals surface area contributed by atoms with Crippen LogP contribution in [0.5, 0.6) is 5.75 Å². The second-order valence-electron chi connectivity index (χ2n) is 9.38. The number of nitrogens with zero attached hydrogens (tertiary/aromatic N) is 2. The lowest BCUT2D eigenvalue weighted by Crippen LogP contribution is -2.37. The zero-order valence-corrected chi connectivity index (χ0v) is 18.7. The summed E-state index contributed by atoms with van der Waals surface area (Å²) in [6, 6.07) is 6.14. The average molecular weight is 401 g/mol. The fraction of sp³-hybridized carbons (Fsp3) is 0.565. The highest BCUT2D eigenvalue weighted by atomic mass is 32.2. The van der Waals surface area contributed by atoms with Crippen molar-refractivity contribution in [3.8, 4) is 11.8 Å². The van der Waals surface area contributed by atoms with E-state index in [0.717, 1.165) is 33.9 Å². The van der Waals surface area contributed by atoms with Crippen LogP contribution >= 0.6 is 11.8 Å². The lowest BCUT2D eigenvalue weighted by Gasteiger charge is -2.29. The van der Waals surface area contributed by atoms with Gasteiger partial charge in [-0.05, 0) is 41.0 Å². The summed E-state index contributed by atoms with van der Waals surface area (Å²) >= 11 is 1.58. The predicted molar refractivity (Wildman–Crippen MR) is 117 cm³/mol. The molecule has 1 N–H and O–H groups in total. The number of benzene rings is 1. The molecule has 1 aromatic carbocycles. The van der Waals surface area contributed by atoms with E-state index >= 15 is 0 Å². The molecular formula is C23H32N2O2S. The molecule has 1 aromatic rings. The summed E-state index contributed by atoms with van der Waals surface area (Å²) in [5.41, 5.74) is 2.33. The van der Waals surface area contributed by atoms with Gasteiger partial charge in [-0.1, -0.05) is 41.5 Å². The molecule has 0 aromatic heterocycles. The lowest BCUT2D eigenvalue weighted by atomic mass is 9.78. The molecule has 0 unspecified atom stereocenters. The van der Waals surface area contributed by atoms with Crippen molar-refractivity contribution in [2.24, 2.45) is 0 Å². The Labute approximate surface area is 173 Å². The van der Waals surface area contributed by atoms with E-state index in [1.165, 1.54) is 0 Å². The van der Waals surface area contributed by atoms with Gasteiger partial charge in [0.05, 0.1) is 11.0 Å². The number of aromatic hydroxyl groups is 1. The number of carbonyl (C=O) groups is 1. The van der Waals surface area contributed by atoms with Gasteiger partial charge < -0.3 is 10.0 Å². The number of hydrogen-bond acceptors (Lipinski definition) is 4. The minimum Gasteiger partial charge on any atom is -0.507 e. The van der Waals surface area contributed by atoms with Gasteiger partial charge in [-0.3, -0.25) is 4.79 Å². The fourth-order valence-electron chi connectivity index (χ4n) is 3.29. The molecule has 0 atom stereocenters. The van der Waals surface area contributed by atoms with Crippen LogP contribution in [0.1, 0.15) is 71.1 Å². The van der Waals surface area contributed by atoms with Gasteiger partial charge in [0.2, 0.25) is 0 Å². The van der Waals surface area contributed by atoms with E-state index in [1.54, 1.807) is 11.8 Å². The SMILES string of the molecule is CC(C)(C)c1cc(/C=C2/SCCN(CCCC#N)C2=O)cc(C(C)(C)C)c1O. The first-order chi connectivity index (χ1) is 12.9. The number of thioether (sulfide) groups is 1. The Hall–Kier alpha value is -1.93. The zero-order valence-electron chi connectivity index (χ0n) is 17.9. The third kappa shape index (κ3) is 5.32. The highest BCUT2D eigenvalue weighted by Gasteiger charge is 2.27. The van der Waals surface area contributed by atoms with Gasteiger partial charge >= 0.3 is 0 Å². The molecule has 1 aliphatic rings. The van der Waals surface area contributed by atoms with E-state index in [0.29, 0.717) is 25.1 Å². The van der Waals surface area contributed by atoms with Crippen molar-refractivity contribution in [1.82, 2.24) is 4.90 Å². The van der Waals surface area contributed by atoms with Crippen molar-refractivity contribution >= 4 is 23.7 Å². The molecule has 0 radical (unpaired) electrons. The monoisotopic (exact) mass is 400 g/mol. The Bertz CT molecular complexity index is 772. The van der Waals surface area contributed by atoms with Crippen molar-refractivity contribution in [3.63, 3.8) is 0 Å². The van der Waals surface area contributed by atoms with Gasteiger partial charge in [0.1, 0.15) is 5.75 Å². The van der Waals surface area contributed by atoms with Crippen LogP contribution in [0.2, 0.25) is 0 Å². The number of nitriles is 1. The molecule has 2 rings (SSSR count).